The molecule has 2 aromatic carbocycles. The Morgan fingerprint density at radius 1 is 1.17 bits per heavy atom. The fourth-order valence-corrected chi connectivity index (χ4v) is 3.39. The van der Waals surface area contributed by atoms with E-state index in [2.05, 4.69) is 36.5 Å². The predicted molar refractivity (Wildman–Crippen MR) is 115 cm³/mol. The first-order valence-corrected chi connectivity index (χ1v) is 9.77. The molecule has 9 heteroatoms. The normalized spacial score (nSPS) is 10.9. The van der Waals surface area contributed by atoms with E-state index in [-0.39, 0.29) is 5.69 Å². The number of nitrogens with one attached hydrogen (secondary N) is 1. The Hall–Kier alpha value is -2.97. The lowest BCUT2D eigenvalue weighted by atomic mass is 10.1. The number of anilines is 1. The van der Waals surface area contributed by atoms with Gasteiger partial charge < -0.3 is 10.1 Å². The van der Waals surface area contributed by atoms with E-state index < -0.39 is 5.91 Å². The van der Waals surface area contributed by atoms with Gasteiger partial charge in [0, 0.05) is 15.1 Å². The summed E-state index contributed by atoms with van der Waals surface area (Å²) >= 11 is 9.46. The van der Waals surface area contributed by atoms with E-state index in [1.807, 2.05) is 24.3 Å². The predicted octanol–water partition coefficient (Wildman–Crippen LogP) is 4.78. The number of amides is 1. The number of aryl methyl sites for hydroxylation is 1. The van der Waals surface area contributed by atoms with E-state index in [1.165, 1.54) is 7.11 Å². The summed E-state index contributed by atoms with van der Waals surface area (Å²) in [7, 11) is 1.52. The number of carbonyl (C=O) groups is 1. The molecule has 0 aliphatic carbocycles. The number of benzene rings is 2. The highest BCUT2D eigenvalue weighted by Crippen LogP contribution is 2.29. The Morgan fingerprint density at radius 3 is 2.66 bits per heavy atom. The van der Waals surface area contributed by atoms with Crippen molar-refractivity contribution in [1.29, 1.82) is 0 Å². The van der Waals surface area contributed by atoms with Crippen LogP contribution in [0.2, 0.25) is 5.02 Å². The van der Waals surface area contributed by atoms with Crippen molar-refractivity contribution in [2.75, 3.05) is 12.4 Å². The first-order valence-electron chi connectivity index (χ1n) is 8.60. The molecule has 0 radical (unpaired) electrons. The van der Waals surface area contributed by atoms with Gasteiger partial charge in [-0.1, -0.05) is 39.7 Å². The van der Waals surface area contributed by atoms with Gasteiger partial charge in [0.1, 0.15) is 5.75 Å². The van der Waals surface area contributed by atoms with Crippen molar-refractivity contribution in [1.82, 2.24) is 19.8 Å². The standard InChI is InChI=1S/C20H15BrClN5O2/c1-11-18(20(28)24-16-9-14(22)7-8-17(16)29-2)25-26-19-15(10-23-27(11)19)12-3-5-13(21)6-4-12/h3-10H,1-2H3,(H,24,28). The maximum absolute atomic E-state index is 12.8. The van der Waals surface area contributed by atoms with E-state index in [0.717, 1.165) is 15.6 Å². The average molecular weight is 473 g/mol. The smallest absolute Gasteiger partial charge is 0.278 e. The second-order valence-electron chi connectivity index (χ2n) is 6.23. The number of rotatable bonds is 4. The highest BCUT2D eigenvalue weighted by atomic mass is 79.9. The minimum atomic E-state index is -0.432. The fraction of sp³-hybridized carbons (Fsp3) is 0.100. The maximum Gasteiger partial charge on any atom is 0.278 e. The van der Waals surface area contributed by atoms with Gasteiger partial charge >= 0.3 is 0 Å². The van der Waals surface area contributed by atoms with Gasteiger partial charge in [-0.05, 0) is 42.8 Å². The van der Waals surface area contributed by atoms with Crippen molar-refractivity contribution in [3.8, 4) is 16.9 Å². The minimum absolute atomic E-state index is 0.157. The summed E-state index contributed by atoms with van der Waals surface area (Å²) in [4.78, 5) is 12.8. The molecule has 0 spiro atoms. The number of aromatic nitrogens is 4. The van der Waals surface area contributed by atoms with Crippen molar-refractivity contribution in [2.45, 2.75) is 6.92 Å². The van der Waals surface area contributed by atoms with Crippen LogP contribution < -0.4 is 10.1 Å². The van der Waals surface area contributed by atoms with Crippen molar-refractivity contribution in [3.63, 3.8) is 0 Å². The summed E-state index contributed by atoms with van der Waals surface area (Å²) in [5, 5.41) is 16.0. The van der Waals surface area contributed by atoms with E-state index in [9.17, 15) is 4.79 Å². The lowest BCUT2D eigenvalue weighted by Crippen LogP contribution is -2.19. The van der Waals surface area contributed by atoms with Crippen LogP contribution in [0.25, 0.3) is 16.8 Å². The second kappa shape index (κ2) is 7.81. The Balaban J connectivity index is 1.70. The number of hydrogen-bond donors (Lipinski definition) is 1. The van der Waals surface area contributed by atoms with Gasteiger partial charge in [-0.3, -0.25) is 4.79 Å². The topological polar surface area (TPSA) is 81.4 Å². The van der Waals surface area contributed by atoms with Crippen molar-refractivity contribution in [3.05, 3.63) is 69.5 Å². The van der Waals surface area contributed by atoms with Crippen LogP contribution in [0.4, 0.5) is 5.69 Å². The molecule has 2 heterocycles. The van der Waals surface area contributed by atoms with Crippen molar-refractivity contribution >= 4 is 44.8 Å². The van der Waals surface area contributed by atoms with E-state index >= 15 is 0 Å². The zero-order chi connectivity index (χ0) is 20.5. The average Bonchev–Trinajstić information content (AvgIpc) is 3.14. The van der Waals surface area contributed by atoms with Crippen LogP contribution in [0.3, 0.4) is 0 Å². The van der Waals surface area contributed by atoms with E-state index in [4.69, 9.17) is 16.3 Å². The van der Waals surface area contributed by atoms with Crippen LogP contribution in [-0.4, -0.2) is 32.8 Å². The number of nitrogens with zero attached hydrogens (tertiary/aromatic N) is 4. The van der Waals surface area contributed by atoms with E-state index in [0.29, 0.717) is 27.8 Å². The van der Waals surface area contributed by atoms with Crippen LogP contribution >= 0.6 is 27.5 Å². The maximum atomic E-state index is 12.8. The summed E-state index contributed by atoms with van der Waals surface area (Å²) in [6, 6.07) is 12.8. The monoisotopic (exact) mass is 471 g/mol. The highest BCUT2D eigenvalue weighted by molar-refractivity contribution is 9.10. The molecule has 0 bridgehead atoms. The SMILES string of the molecule is COc1ccc(Cl)cc1NC(=O)c1nnc2c(-c3ccc(Br)cc3)cnn2c1C. The zero-order valence-electron chi connectivity index (χ0n) is 15.5. The van der Waals surface area contributed by atoms with Crippen molar-refractivity contribution in [2.24, 2.45) is 0 Å². The molecule has 0 fully saturated rings. The summed E-state index contributed by atoms with van der Waals surface area (Å²) in [6.45, 7) is 1.77. The number of carbonyl (C=O) groups excluding carboxylic acids is 1. The summed E-state index contributed by atoms with van der Waals surface area (Å²) in [5.41, 5.74) is 3.53. The molecule has 0 saturated heterocycles. The van der Waals surface area contributed by atoms with Gasteiger partial charge in [-0.25, -0.2) is 4.52 Å². The summed E-state index contributed by atoms with van der Waals surface area (Å²) in [5.74, 6) is 0.0595. The largest absolute Gasteiger partial charge is 0.495 e. The van der Waals surface area contributed by atoms with Crippen molar-refractivity contribution < 1.29 is 9.53 Å². The molecule has 0 atom stereocenters. The molecule has 2 aromatic heterocycles. The summed E-state index contributed by atoms with van der Waals surface area (Å²) < 4.78 is 7.86. The second-order valence-corrected chi connectivity index (χ2v) is 7.59. The molecule has 0 aliphatic rings. The minimum Gasteiger partial charge on any atom is -0.495 e. The molecule has 146 valence electrons. The number of methoxy groups -OCH3 is 1. The van der Waals surface area contributed by atoms with Crippen LogP contribution in [-0.2, 0) is 0 Å². The van der Waals surface area contributed by atoms with E-state index in [1.54, 1.807) is 35.8 Å². The molecular weight excluding hydrogens is 458 g/mol. The van der Waals surface area contributed by atoms with Crippen LogP contribution in [0.15, 0.2) is 53.1 Å². The molecule has 1 amide bonds. The lowest BCUT2D eigenvalue weighted by Gasteiger charge is -2.11. The van der Waals surface area contributed by atoms with Gasteiger partial charge in [0.25, 0.3) is 5.91 Å². The molecule has 7 nitrogen and oxygen atoms in total. The Morgan fingerprint density at radius 2 is 1.93 bits per heavy atom. The van der Waals surface area contributed by atoms with Crippen LogP contribution in [0.1, 0.15) is 16.2 Å². The molecule has 0 saturated carbocycles. The third kappa shape index (κ3) is 3.68. The summed E-state index contributed by atoms with van der Waals surface area (Å²) in [6.07, 6.45) is 1.71. The third-order valence-electron chi connectivity index (χ3n) is 4.43. The van der Waals surface area contributed by atoms with Gasteiger partial charge in [-0.15, -0.1) is 10.2 Å². The quantitative estimate of drug-likeness (QED) is 0.462. The number of fused-ring (bicyclic) bond motifs is 1. The molecule has 4 aromatic rings. The van der Waals surface area contributed by atoms with Crippen LogP contribution in [0.5, 0.6) is 5.75 Å². The van der Waals surface area contributed by atoms with Gasteiger partial charge in [0.15, 0.2) is 11.3 Å². The van der Waals surface area contributed by atoms with Crippen LogP contribution in [0, 0.1) is 6.92 Å². The third-order valence-corrected chi connectivity index (χ3v) is 5.19. The molecule has 0 unspecified atom stereocenters. The number of halogens is 2. The first kappa shape index (κ1) is 19.4. The fourth-order valence-electron chi connectivity index (χ4n) is 2.96. The van der Waals surface area contributed by atoms with Gasteiger partial charge in [0.05, 0.1) is 24.7 Å². The number of ether oxygens (including phenoxy) is 1. The van der Waals surface area contributed by atoms with Gasteiger partial charge in [0.2, 0.25) is 0 Å². The number of hydrogen-bond acceptors (Lipinski definition) is 5. The molecule has 4 rings (SSSR count). The zero-order valence-corrected chi connectivity index (χ0v) is 17.8. The Kier molecular flexibility index (Phi) is 5.21. The Labute approximate surface area is 179 Å². The Bertz CT molecular complexity index is 1220. The highest BCUT2D eigenvalue weighted by Gasteiger charge is 2.19. The first-order chi connectivity index (χ1) is 14.0. The molecule has 0 aliphatic heterocycles. The van der Waals surface area contributed by atoms with Gasteiger partial charge in [-0.2, -0.15) is 5.10 Å². The molecule has 1 N–H and O–H groups in total. The molecule has 29 heavy (non-hydrogen) atoms. The molecular formula is C20H15BrClN5O2. The lowest BCUT2D eigenvalue weighted by molar-refractivity contribution is 0.101.